The fourth-order valence-electron chi connectivity index (χ4n) is 1.87. The van der Waals surface area contributed by atoms with Gasteiger partial charge >= 0.3 is 5.97 Å². The number of rotatable bonds is 5. The minimum absolute atomic E-state index is 0.0569. The van der Waals surface area contributed by atoms with E-state index in [-0.39, 0.29) is 12.5 Å². The largest absolute Gasteiger partial charge is 0.481 e. The van der Waals surface area contributed by atoms with Gasteiger partial charge in [0, 0.05) is 23.2 Å². The molecule has 1 unspecified atom stereocenters. The van der Waals surface area contributed by atoms with Crippen LogP contribution in [0.5, 0.6) is 0 Å². The van der Waals surface area contributed by atoms with Crippen LogP contribution in [-0.2, 0) is 9.59 Å². The van der Waals surface area contributed by atoms with Gasteiger partial charge in [-0.05, 0) is 24.3 Å². The second kappa shape index (κ2) is 6.60. The molecular formula is C16H22N2O4. The molecule has 0 aromatic heterocycles. The van der Waals surface area contributed by atoms with Gasteiger partial charge in [0.1, 0.15) is 0 Å². The molecule has 6 heteroatoms. The van der Waals surface area contributed by atoms with E-state index >= 15 is 0 Å². The number of benzene rings is 1. The number of carboxylic acid groups (broad SMARTS) is 1. The smallest absolute Gasteiger partial charge is 0.308 e. The van der Waals surface area contributed by atoms with Crippen molar-refractivity contribution in [3.8, 4) is 0 Å². The van der Waals surface area contributed by atoms with Crippen LogP contribution in [0.25, 0.3) is 0 Å². The van der Waals surface area contributed by atoms with E-state index in [0.717, 1.165) is 0 Å². The highest BCUT2D eigenvalue weighted by molar-refractivity contribution is 5.98. The average molecular weight is 306 g/mol. The molecule has 2 amide bonds. The summed E-state index contributed by atoms with van der Waals surface area (Å²) >= 11 is 0. The summed E-state index contributed by atoms with van der Waals surface area (Å²) < 4.78 is 0. The lowest BCUT2D eigenvalue weighted by molar-refractivity contribution is -0.140. The Labute approximate surface area is 129 Å². The Morgan fingerprint density at radius 1 is 1.18 bits per heavy atom. The lowest BCUT2D eigenvalue weighted by Gasteiger charge is -2.31. The molecule has 120 valence electrons. The number of carboxylic acids is 1. The maximum atomic E-state index is 12.6. The average Bonchev–Trinajstić information content (AvgIpc) is 2.42. The summed E-state index contributed by atoms with van der Waals surface area (Å²) in [5.74, 6) is -2.42. The first-order chi connectivity index (χ1) is 10.0. The van der Waals surface area contributed by atoms with Crippen LogP contribution in [0.15, 0.2) is 24.3 Å². The number of hydrogen-bond acceptors (Lipinski definition) is 3. The number of nitrogens with two attached hydrogens (primary N) is 1. The fourth-order valence-corrected chi connectivity index (χ4v) is 1.87. The number of aliphatic carboxylic acids is 1. The fraction of sp³-hybridized carbons (Fsp3) is 0.438. The molecule has 0 fully saturated rings. The molecule has 0 radical (unpaired) electrons. The topological polar surface area (TPSA) is 101 Å². The number of primary amides is 1. The molecule has 1 rings (SSSR count). The van der Waals surface area contributed by atoms with E-state index in [0.29, 0.717) is 11.3 Å². The number of carbonyl (C=O) groups excluding carboxylic acids is 2. The zero-order valence-corrected chi connectivity index (χ0v) is 13.3. The number of nitrogens with zero attached hydrogens (tertiary/aromatic N) is 1. The van der Waals surface area contributed by atoms with Gasteiger partial charge in [-0.25, -0.2) is 0 Å². The molecule has 0 spiro atoms. The van der Waals surface area contributed by atoms with Crippen molar-refractivity contribution in [3.63, 3.8) is 0 Å². The molecule has 0 saturated heterocycles. The minimum Gasteiger partial charge on any atom is -0.481 e. The Kier molecular flexibility index (Phi) is 5.30. The van der Waals surface area contributed by atoms with E-state index in [1.165, 1.54) is 17.0 Å². The quantitative estimate of drug-likeness (QED) is 0.867. The maximum Gasteiger partial charge on any atom is 0.308 e. The summed E-state index contributed by atoms with van der Waals surface area (Å²) in [5, 5.41) is 9.08. The molecule has 0 aliphatic heterocycles. The molecule has 22 heavy (non-hydrogen) atoms. The summed E-state index contributed by atoms with van der Waals surface area (Å²) in [6, 6.07) is 6.23. The van der Waals surface area contributed by atoms with Crippen molar-refractivity contribution < 1.29 is 19.5 Å². The molecule has 0 bridgehead atoms. The Balaban J connectivity index is 3.16. The van der Waals surface area contributed by atoms with Gasteiger partial charge in [0.15, 0.2) is 0 Å². The first-order valence-electron chi connectivity index (χ1n) is 6.98. The summed E-state index contributed by atoms with van der Waals surface area (Å²) in [6.07, 6.45) is 0. The second-order valence-corrected chi connectivity index (χ2v) is 6.32. The third-order valence-electron chi connectivity index (χ3n) is 3.23. The number of anilines is 1. The summed E-state index contributed by atoms with van der Waals surface area (Å²) in [6.45, 7) is 6.91. The molecule has 1 atom stereocenters. The normalized spacial score (nSPS) is 12.5. The SMILES string of the molecule is CC(CN(C(=O)C(C)(C)C)c1ccc(C(N)=O)cc1)C(=O)O. The van der Waals surface area contributed by atoms with E-state index in [2.05, 4.69) is 0 Å². The van der Waals surface area contributed by atoms with Crippen molar-refractivity contribution in [3.05, 3.63) is 29.8 Å². The van der Waals surface area contributed by atoms with Crippen LogP contribution in [0.1, 0.15) is 38.1 Å². The molecule has 0 aliphatic rings. The molecule has 1 aromatic rings. The first-order valence-corrected chi connectivity index (χ1v) is 6.98. The monoisotopic (exact) mass is 306 g/mol. The number of amides is 2. The van der Waals surface area contributed by atoms with Crippen LogP contribution in [0.3, 0.4) is 0 Å². The molecule has 1 aromatic carbocycles. The minimum atomic E-state index is -0.972. The van der Waals surface area contributed by atoms with Crippen molar-refractivity contribution in [1.29, 1.82) is 0 Å². The standard InChI is InChI=1S/C16H22N2O4/c1-10(14(20)21)9-18(15(22)16(2,3)4)12-7-5-11(6-8-12)13(17)19/h5-8,10H,9H2,1-4H3,(H2,17,19)(H,20,21). The Morgan fingerprint density at radius 3 is 2.05 bits per heavy atom. The van der Waals surface area contributed by atoms with Crippen LogP contribution in [0, 0.1) is 11.3 Å². The summed E-state index contributed by atoms with van der Waals surface area (Å²) in [4.78, 5) is 36.2. The Morgan fingerprint density at radius 2 is 1.68 bits per heavy atom. The molecule has 3 N–H and O–H groups in total. The highest BCUT2D eigenvalue weighted by Gasteiger charge is 2.30. The predicted octanol–water partition coefficient (Wildman–Crippen LogP) is 1.89. The third kappa shape index (κ3) is 4.31. The summed E-state index contributed by atoms with van der Waals surface area (Å²) in [5.41, 5.74) is 5.41. The first kappa shape index (κ1) is 17.7. The van der Waals surface area contributed by atoms with Crippen LogP contribution in [0.4, 0.5) is 5.69 Å². The molecule has 0 aliphatic carbocycles. The van der Waals surface area contributed by atoms with Crippen LogP contribution in [-0.4, -0.2) is 29.4 Å². The van der Waals surface area contributed by atoms with E-state index in [9.17, 15) is 14.4 Å². The zero-order valence-electron chi connectivity index (χ0n) is 13.3. The molecule has 0 saturated carbocycles. The van der Waals surface area contributed by atoms with Gasteiger partial charge in [-0.1, -0.05) is 27.7 Å². The van der Waals surface area contributed by atoms with Gasteiger partial charge in [0.2, 0.25) is 11.8 Å². The van der Waals surface area contributed by atoms with Gasteiger partial charge < -0.3 is 15.7 Å². The number of carbonyl (C=O) groups is 3. The highest BCUT2D eigenvalue weighted by atomic mass is 16.4. The van der Waals surface area contributed by atoms with E-state index in [4.69, 9.17) is 10.8 Å². The molecule has 6 nitrogen and oxygen atoms in total. The van der Waals surface area contributed by atoms with Gasteiger partial charge in [0.25, 0.3) is 0 Å². The third-order valence-corrected chi connectivity index (χ3v) is 3.23. The van der Waals surface area contributed by atoms with Crippen molar-refractivity contribution in [2.24, 2.45) is 17.1 Å². The number of hydrogen-bond donors (Lipinski definition) is 2. The summed E-state index contributed by atoms with van der Waals surface area (Å²) in [7, 11) is 0. The van der Waals surface area contributed by atoms with Gasteiger partial charge in [-0.3, -0.25) is 14.4 Å². The van der Waals surface area contributed by atoms with E-state index in [1.807, 2.05) is 0 Å². The van der Waals surface area contributed by atoms with Crippen LogP contribution in [0.2, 0.25) is 0 Å². The zero-order chi connectivity index (χ0) is 17.1. The van der Waals surface area contributed by atoms with Gasteiger partial charge in [-0.2, -0.15) is 0 Å². The van der Waals surface area contributed by atoms with Crippen molar-refractivity contribution in [2.45, 2.75) is 27.7 Å². The molecule has 0 heterocycles. The van der Waals surface area contributed by atoms with E-state index < -0.39 is 23.2 Å². The molecular weight excluding hydrogens is 284 g/mol. The van der Waals surface area contributed by atoms with Crippen molar-refractivity contribution in [2.75, 3.05) is 11.4 Å². The lowest BCUT2D eigenvalue weighted by atomic mass is 9.93. The van der Waals surface area contributed by atoms with Crippen molar-refractivity contribution >= 4 is 23.5 Å². The lowest BCUT2D eigenvalue weighted by Crippen LogP contribution is -2.43. The van der Waals surface area contributed by atoms with Gasteiger partial charge in [0.05, 0.1) is 5.92 Å². The maximum absolute atomic E-state index is 12.6. The van der Waals surface area contributed by atoms with Crippen molar-refractivity contribution in [1.82, 2.24) is 0 Å². The van der Waals surface area contributed by atoms with Gasteiger partial charge in [-0.15, -0.1) is 0 Å². The highest BCUT2D eigenvalue weighted by Crippen LogP contribution is 2.25. The Hall–Kier alpha value is -2.37. The van der Waals surface area contributed by atoms with E-state index in [1.54, 1.807) is 39.8 Å². The second-order valence-electron chi connectivity index (χ2n) is 6.32. The van der Waals surface area contributed by atoms with Crippen LogP contribution < -0.4 is 10.6 Å². The van der Waals surface area contributed by atoms with Crippen LogP contribution >= 0.6 is 0 Å². The Bertz CT molecular complexity index is 573. The predicted molar refractivity (Wildman–Crippen MR) is 83.6 cm³/mol.